The van der Waals surface area contributed by atoms with E-state index >= 15 is 0 Å². The standard InChI is InChI=1S/C28H28F3N3O2S/c1-2-3-4-12-25(35)34-15-13-19(14-16-34)27-33-24(18-37-27)26(36)32-23-11-6-5-10-22(23)20-8-7-9-21(17-20)28(29,30)31/h2-3,5-11,17-19H,4,12-16H2,1H3,(H,32,36)/b3-2+. The van der Waals surface area contributed by atoms with Gasteiger partial charge in [-0.3, -0.25) is 9.59 Å². The van der Waals surface area contributed by atoms with Gasteiger partial charge < -0.3 is 10.2 Å². The largest absolute Gasteiger partial charge is 0.416 e. The van der Waals surface area contributed by atoms with E-state index in [2.05, 4.69) is 10.3 Å². The fourth-order valence-electron chi connectivity index (χ4n) is 4.38. The van der Waals surface area contributed by atoms with E-state index in [1.54, 1.807) is 35.7 Å². The van der Waals surface area contributed by atoms with Gasteiger partial charge in [-0.05, 0) is 49.9 Å². The fraction of sp³-hybridized carbons (Fsp3) is 0.321. The van der Waals surface area contributed by atoms with Gasteiger partial charge in [0.2, 0.25) is 5.91 Å². The molecule has 1 aromatic heterocycles. The van der Waals surface area contributed by atoms with Crippen LogP contribution >= 0.6 is 11.3 Å². The van der Waals surface area contributed by atoms with Crippen LogP contribution in [0.15, 0.2) is 66.1 Å². The second-order valence-corrected chi connectivity index (χ2v) is 9.80. The van der Waals surface area contributed by atoms with Gasteiger partial charge in [-0.25, -0.2) is 4.98 Å². The lowest BCUT2D eigenvalue weighted by Crippen LogP contribution is -2.37. The molecule has 0 spiro atoms. The Kier molecular flexibility index (Phi) is 8.43. The van der Waals surface area contributed by atoms with Crippen molar-refractivity contribution in [1.29, 1.82) is 0 Å². The van der Waals surface area contributed by atoms with Gasteiger partial charge in [0.15, 0.2) is 0 Å². The molecule has 0 aliphatic carbocycles. The van der Waals surface area contributed by atoms with E-state index in [0.717, 1.165) is 36.4 Å². The van der Waals surface area contributed by atoms with E-state index in [0.29, 0.717) is 36.3 Å². The predicted octanol–water partition coefficient (Wildman–Crippen LogP) is 7.14. The number of piperidine rings is 1. The van der Waals surface area contributed by atoms with Gasteiger partial charge in [-0.15, -0.1) is 11.3 Å². The van der Waals surface area contributed by atoms with Crippen molar-refractivity contribution in [3.8, 4) is 11.1 Å². The molecule has 37 heavy (non-hydrogen) atoms. The molecule has 0 saturated carbocycles. The normalized spacial score (nSPS) is 14.8. The number of halogens is 3. The average molecular weight is 528 g/mol. The SMILES string of the molecule is C/C=C/CCC(=O)N1CCC(c2nc(C(=O)Nc3ccccc3-c3cccc(C(F)(F)F)c3)cs2)CC1. The minimum absolute atomic E-state index is 0.162. The van der Waals surface area contributed by atoms with Gasteiger partial charge in [0, 0.05) is 42.1 Å². The maximum absolute atomic E-state index is 13.2. The smallest absolute Gasteiger partial charge is 0.343 e. The molecule has 2 aromatic carbocycles. The van der Waals surface area contributed by atoms with Crippen molar-refractivity contribution in [2.24, 2.45) is 0 Å². The second kappa shape index (κ2) is 11.7. The molecule has 1 fully saturated rings. The highest BCUT2D eigenvalue weighted by Gasteiger charge is 2.31. The molecule has 3 aromatic rings. The summed E-state index contributed by atoms with van der Waals surface area (Å²) >= 11 is 1.42. The van der Waals surface area contributed by atoms with E-state index in [-0.39, 0.29) is 17.5 Å². The molecule has 1 aliphatic heterocycles. The first-order chi connectivity index (χ1) is 17.8. The lowest BCUT2D eigenvalue weighted by Gasteiger charge is -2.31. The number of anilines is 1. The number of amides is 2. The summed E-state index contributed by atoms with van der Waals surface area (Å²) in [6.07, 6.45) is 2.33. The summed E-state index contributed by atoms with van der Waals surface area (Å²) in [4.78, 5) is 31.8. The molecule has 4 rings (SSSR count). The van der Waals surface area contributed by atoms with Gasteiger partial charge >= 0.3 is 6.18 Å². The Hall–Kier alpha value is -3.46. The Labute approximate surface area is 218 Å². The van der Waals surface area contributed by atoms with Gasteiger partial charge in [0.1, 0.15) is 5.69 Å². The van der Waals surface area contributed by atoms with Crippen LogP contribution in [0.1, 0.15) is 59.6 Å². The Morgan fingerprint density at radius 2 is 1.89 bits per heavy atom. The summed E-state index contributed by atoms with van der Waals surface area (Å²) in [7, 11) is 0. The van der Waals surface area contributed by atoms with Crippen molar-refractivity contribution in [1.82, 2.24) is 9.88 Å². The zero-order valence-electron chi connectivity index (χ0n) is 20.4. The number of hydrogen-bond donors (Lipinski definition) is 1. The molecule has 5 nitrogen and oxygen atoms in total. The molecule has 0 radical (unpaired) electrons. The number of nitrogens with one attached hydrogen (secondary N) is 1. The maximum atomic E-state index is 13.2. The zero-order chi connectivity index (χ0) is 26.4. The van der Waals surface area contributed by atoms with Crippen LogP contribution in [-0.2, 0) is 11.0 Å². The van der Waals surface area contributed by atoms with Crippen molar-refractivity contribution in [2.75, 3.05) is 18.4 Å². The number of likely N-dealkylation sites (tertiary alicyclic amines) is 1. The molecule has 0 atom stereocenters. The van der Waals surface area contributed by atoms with Gasteiger partial charge in [0.25, 0.3) is 5.91 Å². The third-order valence-electron chi connectivity index (χ3n) is 6.39. The number of aromatic nitrogens is 1. The van der Waals surface area contributed by atoms with Crippen molar-refractivity contribution < 1.29 is 22.8 Å². The minimum atomic E-state index is -4.46. The number of rotatable bonds is 7. The molecule has 2 amide bonds. The van der Waals surface area contributed by atoms with E-state index in [1.165, 1.54) is 17.4 Å². The highest BCUT2D eigenvalue weighted by Crippen LogP contribution is 2.35. The van der Waals surface area contributed by atoms with Gasteiger partial charge in [-0.2, -0.15) is 13.2 Å². The first-order valence-corrected chi connectivity index (χ1v) is 13.1. The Balaban J connectivity index is 1.41. The zero-order valence-corrected chi connectivity index (χ0v) is 21.2. The van der Waals surface area contributed by atoms with Crippen LogP contribution in [0, 0.1) is 0 Å². The Bertz CT molecular complexity index is 1280. The Morgan fingerprint density at radius 3 is 2.62 bits per heavy atom. The summed E-state index contributed by atoms with van der Waals surface area (Å²) in [6.45, 7) is 3.28. The van der Waals surface area contributed by atoms with Gasteiger partial charge in [-0.1, -0.05) is 42.5 Å². The molecule has 9 heteroatoms. The topological polar surface area (TPSA) is 62.3 Å². The lowest BCUT2D eigenvalue weighted by molar-refractivity contribution is -0.137. The number of allylic oxidation sites excluding steroid dienone is 2. The number of para-hydroxylation sites is 1. The van der Waals surface area contributed by atoms with E-state index in [9.17, 15) is 22.8 Å². The van der Waals surface area contributed by atoms with Crippen LogP contribution in [-0.4, -0.2) is 34.8 Å². The molecule has 0 unspecified atom stereocenters. The van der Waals surface area contributed by atoms with E-state index in [4.69, 9.17) is 0 Å². The molecule has 1 aliphatic rings. The molecular weight excluding hydrogens is 499 g/mol. The number of carbonyl (C=O) groups is 2. The van der Waals surface area contributed by atoms with Crippen LogP contribution < -0.4 is 5.32 Å². The first-order valence-electron chi connectivity index (χ1n) is 12.2. The van der Waals surface area contributed by atoms with Crippen molar-refractivity contribution in [3.63, 3.8) is 0 Å². The summed E-state index contributed by atoms with van der Waals surface area (Å²) in [6, 6.07) is 11.8. The van der Waals surface area contributed by atoms with Gasteiger partial charge in [0.05, 0.1) is 10.6 Å². The van der Waals surface area contributed by atoms with Crippen LogP contribution in [0.25, 0.3) is 11.1 Å². The number of alkyl halides is 3. The van der Waals surface area contributed by atoms with Crippen molar-refractivity contribution in [2.45, 2.75) is 44.7 Å². The second-order valence-electron chi connectivity index (χ2n) is 8.91. The summed E-state index contributed by atoms with van der Waals surface area (Å²) in [5, 5.41) is 5.37. The molecule has 0 bridgehead atoms. The molecular formula is C28H28F3N3O2S. The maximum Gasteiger partial charge on any atom is 0.416 e. The Morgan fingerprint density at radius 1 is 1.14 bits per heavy atom. The molecule has 194 valence electrons. The number of carbonyl (C=O) groups excluding carboxylic acids is 2. The van der Waals surface area contributed by atoms with Crippen LogP contribution in [0.2, 0.25) is 0 Å². The first kappa shape index (κ1) is 26.6. The van der Waals surface area contributed by atoms with E-state index in [1.807, 2.05) is 24.0 Å². The predicted molar refractivity (Wildman–Crippen MR) is 140 cm³/mol. The van der Waals surface area contributed by atoms with Crippen molar-refractivity contribution >= 4 is 28.8 Å². The fourth-order valence-corrected chi connectivity index (χ4v) is 5.35. The van der Waals surface area contributed by atoms with Crippen LogP contribution in [0.5, 0.6) is 0 Å². The molecule has 1 saturated heterocycles. The third-order valence-corrected chi connectivity index (χ3v) is 7.40. The number of benzene rings is 2. The van der Waals surface area contributed by atoms with Crippen LogP contribution in [0.4, 0.5) is 18.9 Å². The van der Waals surface area contributed by atoms with Crippen molar-refractivity contribution in [3.05, 3.63) is 82.3 Å². The number of thiazole rings is 1. The monoisotopic (exact) mass is 527 g/mol. The highest BCUT2D eigenvalue weighted by molar-refractivity contribution is 7.10. The average Bonchev–Trinajstić information content (AvgIpc) is 3.39. The number of nitrogens with zero attached hydrogens (tertiary/aromatic N) is 2. The summed E-state index contributed by atoms with van der Waals surface area (Å²) in [5.41, 5.74) is 0.774. The molecule has 2 heterocycles. The molecule has 1 N–H and O–H groups in total. The quantitative estimate of drug-likeness (QED) is 0.332. The highest BCUT2D eigenvalue weighted by atomic mass is 32.1. The third kappa shape index (κ3) is 6.65. The lowest BCUT2D eigenvalue weighted by atomic mass is 9.97. The van der Waals surface area contributed by atoms with E-state index < -0.39 is 17.6 Å². The minimum Gasteiger partial charge on any atom is -0.343 e. The van der Waals surface area contributed by atoms with Crippen LogP contribution in [0.3, 0.4) is 0 Å². The number of hydrogen-bond acceptors (Lipinski definition) is 4. The summed E-state index contributed by atoms with van der Waals surface area (Å²) < 4.78 is 39.6. The summed E-state index contributed by atoms with van der Waals surface area (Å²) in [5.74, 6) is -0.0720.